The van der Waals surface area contributed by atoms with Crippen LogP contribution in [0.1, 0.15) is 5.56 Å². The zero-order chi connectivity index (χ0) is 15.4. The van der Waals surface area contributed by atoms with Crippen molar-refractivity contribution >= 4 is 23.7 Å². The second kappa shape index (κ2) is 6.10. The van der Waals surface area contributed by atoms with Crippen LogP contribution in [0.4, 0.5) is 10.5 Å². The summed E-state index contributed by atoms with van der Waals surface area (Å²) in [5, 5.41) is 2.31. The second-order valence-corrected chi connectivity index (χ2v) is 4.75. The van der Waals surface area contributed by atoms with Crippen molar-refractivity contribution in [2.24, 2.45) is 0 Å². The van der Waals surface area contributed by atoms with Crippen LogP contribution in [0.5, 0.6) is 0 Å². The van der Waals surface area contributed by atoms with Gasteiger partial charge in [0.25, 0.3) is 5.91 Å². The highest BCUT2D eigenvalue weighted by molar-refractivity contribution is 6.21. The van der Waals surface area contributed by atoms with E-state index < -0.39 is 11.9 Å². The van der Waals surface area contributed by atoms with E-state index in [0.29, 0.717) is 11.4 Å². The normalized spacial score (nSPS) is 16.5. The molecule has 4 heteroatoms. The first-order chi connectivity index (χ1) is 10.8. The molecule has 1 heterocycles. The van der Waals surface area contributed by atoms with Crippen LogP contribution in [0.25, 0.3) is 6.08 Å². The molecule has 0 unspecified atom stereocenters. The summed E-state index contributed by atoms with van der Waals surface area (Å²) in [4.78, 5) is 25.3. The van der Waals surface area contributed by atoms with E-state index in [1.54, 1.807) is 24.3 Å². The lowest BCUT2D eigenvalue weighted by Gasteiger charge is -2.14. The standard InChI is InChI=1S/C18H14N2O2/c21-17-16(13-7-10-14-8-3-1-4-9-14)20(18(22)19-17)15-11-5-2-6-12-15/h1-13H,(H,19,21,22)/b10-7+,16-13+. The van der Waals surface area contributed by atoms with Crippen LogP contribution in [0.2, 0.25) is 0 Å². The smallest absolute Gasteiger partial charge is 0.272 e. The van der Waals surface area contributed by atoms with Crippen molar-refractivity contribution in [3.63, 3.8) is 0 Å². The number of hydrogen-bond acceptors (Lipinski definition) is 2. The number of urea groups is 1. The van der Waals surface area contributed by atoms with Crippen molar-refractivity contribution in [1.29, 1.82) is 0 Å². The van der Waals surface area contributed by atoms with Crippen LogP contribution in [-0.4, -0.2) is 11.9 Å². The third kappa shape index (κ3) is 2.81. The van der Waals surface area contributed by atoms with Crippen molar-refractivity contribution < 1.29 is 9.59 Å². The van der Waals surface area contributed by atoms with Gasteiger partial charge in [-0.05, 0) is 23.8 Å². The van der Waals surface area contributed by atoms with E-state index in [2.05, 4.69) is 5.32 Å². The molecule has 3 rings (SSSR count). The average Bonchev–Trinajstić information content (AvgIpc) is 2.83. The number of imide groups is 1. The van der Waals surface area contributed by atoms with E-state index in [1.807, 2.05) is 54.6 Å². The molecule has 1 N–H and O–H groups in total. The minimum atomic E-state index is -0.435. The first-order valence-electron chi connectivity index (χ1n) is 6.89. The number of carbonyl (C=O) groups is 2. The molecule has 0 radical (unpaired) electrons. The number of amides is 3. The Labute approximate surface area is 128 Å². The highest BCUT2D eigenvalue weighted by Gasteiger charge is 2.33. The van der Waals surface area contributed by atoms with Crippen LogP contribution >= 0.6 is 0 Å². The lowest BCUT2D eigenvalue weighted by Crippen LogP contribution is -2.27. The Bertz CT molecular complexity index is 749. The van der Waals surface area contributed by atoms with Gasteiger partial charge in [-0.3, -0.25) is 15.0 Å². The largest absolute Gasteiger partial charge is 0.333 e. The molecule has 0 saturated carbocycles. The molecular weight excluding hydrogens is 276 g/mol. The molecule has 0 aliphatic carbocycles. The number of allylic oxidation sites excluding steroid dienone is 2. The van der Waals surface area contributed by atoms with Crippen LogP contribution < -0.4 is 10.2 Å². The van der Waals surface area contributed by atoms with Gasteiger partial charge in [-0.1, -0.05) is 60.7 Å². The van der Waals surface area contributed by atoms with Gasteiger partial charge in [0.05, 0.1) is 5.69 Å². The van der Waals surface area contributed by atoms with Gasteiger partial charge in [0.2, 0.25) is 0 Å². The molecule has 1 aliphatic rings. The van der Waals surface area contributed by atoms with Gasteiger partial charge >= 0.3 is 6.03 Å². The molecule has 1 saturated heterocycles. The molecule has 1 aliphatic heterocycles. The molecular formula is C18H14N2O2. The Hall–Kier alpha value is -3.14. The van der Waals surface area contributed by atoms with Gasteiger partial charge < -0.3 is 0 Å². The minimum absolute atomic E-state index is 0.309. The summed E-state index contributed by atoms with van der Waals surface area (Å²) in [5.74, 6) is -0.397. The quantitative estimate of drug-likeness (QED) is 0.696. The molecule has 1 fully saturated rings. The number of nitrogens with zero attached hydrogens (tertiary/aromatic N) is 1. The molecule has 108 valence electrons. The van der Waals surface area contributed by atoms with Crippen LogP contribution in [0.15, 0.2) is 78.5 Å². The van der Waals surface area contributed by atoms with Crippen molar-refractivity contribution in [1.82, 2.24) is 5.32 Å². The highest BCUT2D eigenvalue weighted by atomic mass is 16.2. The maximum atomic E-state index is 12.0. The SMILES string of the molecule is O=C1NC(=O)N(c2ccccc2)/C1=C/C=C/c1ccccc1. The van der Waals surface area contributed by atoms with E-state index in [4.69, 9.17) is 0 Å². The Morgan fingerprint density at radius 2 is 1.50 bits per heavy atom. The van der Waals surface area contributed by atoms with E-state index in [1.165, 1.54) is 4.90 Å². The van der Waals surface area contributed by atoms with Crippen molar-refractivity contribution in [2.45, 2.75) is 0 Å². The van der Waals surface area contributed by atoms with E-state index in [-0.39, 0.29) is 0 Å². The van der Waals surface area contributed by atoms with Crippen molar-refractivity contribution in [3.05, 3.63) is 84.1 Å². The number of anilines is 1. The first kappa shape index (κ1) is 13.8. The molecule has 2 aromatic carbocycles. The maximum absolute atomic E-state index is 12.0. The number of carbonyl (C=O) groups excluding carboxylic acids is 2. The fourth-order valence-electron chi connectivity index (χ4n) is 2.23. The zero-order valence-electron chi connectivity index (χ0n) is 11.8. The molecule has 3 amide bonds. The minimum Gasteiger partial charge on any atom is -0.272 e. The topological polar surface area (TPSA) is 49.4 Å². The molecule has 22 heavy (non-hydrogen) atoms. The molecule has 0 aromatic heterocycles. The maximum Gasteiger partial charge on any atom is 0.333 e. The number of hydrogen-bond donors (Lipinski definition) is 1. The molecule has 2 aromatic rings. The second-order valence-electron chi connectivity index (χ2n) is 4.75. The predicted octanol–water partition coefficient (Wildman–Crippen LogP) is 3.34. The van der Waals surface area contributed by atoms with Crippen LogP contribution in [0, 0.1) is 0 Å². The molecule has 4 nitrogen and oxygen atoms in total. The summed E-state index contributed by atoms with van der Waals surface area (Å²) in [7, 11) is 0. The van der Waals surface area contributed by atoms with Gasteiger partial charge in [-0.2, -0.15) is 0 Å². The Morgan fingerprint density at radius 3 is 2.18 bits per heavy atom. The number of rotatable bonds is 3. The lowest BCUT2D eigenvalue weighted by atomic mass is 10.2. The summed E-state index contributed by atoms with van der Waals surface area (Å²) in [6.45, 7) is 0. The van der Waals surface area contributed by atoms with Crippen molar-refractivity contribution in [3.8, 4) is 0 Å². The summed E-state index contributed by atoms with van der Waals surface area (Å²) in [5.41, 5.74) is 1.99. The number of benzene rings is 2. The van der Waals surface area contributed by atoms with Crippen LogP contribution in [0.3, 0.4) is 0 Å². The van der Waals surface area contributed by atoms with E-state index >= 15 is 0 Å². The average molecular weight is 290 g/mol. The fraction of sp³-hybridized carbons (Fsp3) is 0. The van der Waals surface area contributed by atoms with E-state index in [0.717, 1.165) is 5.56 Å². The predicted molar refractivity (Wildman–Crippen MR) is 86.0 cm³/mol. The molecule has 0 atom stereocenters. The van der Waals surface area contributed by atoms with Gasteiger partial charge in [-0.25, -0.2) is 4.79 Å². The molecule has 0 bridgehead atoms. The summed E-state index contributed by atoms with van der Waals surface area (Å²) in [6, 6.07) is 18.4. The Kier molecular flexibility index (Phi) is 3.83. The van der Waals surface area contributed by atoms with Gasteiger partial charge in [0.15, 0.2) is 0 Å². The zero-order valence-corrected chi connectivity index (χ0v) is 11.8. The Morgan fingerprint density at radius 1 is 0.864 bits per heavy atom. The third-order valence-corrected chi connectivity index (χ3v) is 3.25. The van der Waals surface area contributed by atoms with Crippen molar-refractivity contribution in [2.75, 3.05) is 4.90 Å². The third-order valence-electron chi connectivity index (χ3n) is 3.25. The number of para-hydroxylation sites is 1. The summed E-state index contributed by atoms with van der Waals surface area (Å²) in [6.07, 6.45) is 5.28. The Balaban J connectivity index is 1.90. The van der Waals surface area contributed by atoms with E-state index in [9.17, 15) is 9.59 Å². The summed E-state index contributed by atoms with van der Waals surface area (Å²) < 4.78 is 0. The highest BCUT2D eigenvalue weighted by Crippen LogP contribution is 2.23. The van der Waals surface area contributed by atoms with Crippen LogP contribution in [-0.2, 0) is 4.79 Å². The van der Waals surface area contributed by atoms with Gasteiger partial charge in [0.1, 0.15) is 5.70 Å². The monoisotopic (exact) mass is 290 g/mol. The fourth-order valence-corrected chi connectivity index (χ4v) is 2.23. The van der Waals surface area contributed by atoms with Gasteiger partial charge in [0, 0.05) is 0 Å². The number of nitrogens with one attached hydrogen (secondary N) is 1. The van der Waals surface area contributed by atoms with Gasteiger partial charge in [-0.15, -0.1) is 0 Å². The summed E-state index contributed by atoms with van der Waals surface area (Å²) >= 11 is 0. The lowest BCUT2D eigenvalue weighted by molar-refractivity contribution is -0.115. The molecule has 0 spiro atoms. The first-order valence-corrected chi connectivity index (χ1v) is 6.89.